The first-order valence-electron chi connectivity index (χ1n) is 6.31. The molecule has 0 aliphatic heterocycles. The number of hydrogen-bond acceptors (Lipinski definition) is 4. The zero-order valence-corrected chi connectivity index (χ0v) is 12.3. The lowest BCUT2D eigenvalue weighted by Crippen LogP contribution is -2.30. The molecule has 5 nitrogen and oxygen atoms in total. The molecule has 0 radical (unpaired) electrons. The highest BCUT2D eigenvalue weighted by Crippen LogP contribution is 2.19. The van der Waals surface area contributed by atoms with Crippen molar-refractivity contribution >= 4 is 17.2 Å². The second kappa shape index (κ2) is 5.97. The molecule has 1 amide bonds. The molecule has 19 heavy (non-hydrogen) atoms. The topological polar surface area (TPSA) is 51.0 Å². The summed E-state index contributed by atoms with van der Waals surface area (Å²) < 4.78 is 1.82. The van der Waals surface area contributed by atoms with Gasteiger partial charge in [-0.2, -0.15) is 5.10 Å². The van der Waals surface area contributed by atoms with Crippen molar-refractivity contribution in [3.8, 4) is 0 Å². The van der Waals surface area contributed by atoms with Crippen LogP contribution in [0.5, 0.6) is 0 Å². The van der Waals surface area contributed by atoms with Crippen LogP contribution in [-0.2, 0) is 13.0 Å². The van der Waals surface area contributed by atoms with Crippen molar-refractivity contribution in [2.75, 3.05) is 13.6 Å². The van der Waals surface area contributed by atoms with Gasteiger partial charge in [0.05, 0.1) is 17.2 Å². The van der Waals surface area contributed by atoms with Gasteiger partial charge in [-0.05, 0) is 19.4 Å². The molecular weight excluding hydrogens is 260 g/mol. The highest BCUT2D eigenvalue weighted by Gasteiger charge is 2.18. The summed E-state index contributed by atoms with van der Waals surface area (Å²) in [4.78, 5) is 19.2. The number of aromatic nitrogens is 3. The minimum Gasteiger partial charge on any atom is -0.339 e. The fourth-order valence-corrected chi connectivity index (χ4v) is 2.76. The Morgan fingerprint density at radius 1 is 1.53 bits per heavy atom. The maximum atomic E-state index is 12.3. The highest BCUT2D eigenvalue weighted by molar-refractivity contribution is 7.13. The molecule has 0 aromatic carbocycles. The van der Waals surface area contributed by atoms with E-state index in [2.05, 4.69) is 10.1 Å². The number of carbonyl (C=O) groups is 1. The van der Waals surface area contributed by atoms with Crippen molar-refractivity contribution in [3.63, 3.8) is 0 Å². The Morgan fingerprint density at radius 2 is 2.32 bits per heavy atom. The van der Waals surface area contributed by atoms with E-state index in [1.54, 1.807) is 11.1 Å². The van der Waals surface area contributed by atoms with Crippen LogP contribution >= 0.6 is 11.3 Å². The van der Waals surface area contributed by atoms with Crippen molar-refractivity contribution in [1.82, 2.24) is 19.7 Å². The normalized spacial score (nSPS) is 10.7. The van der Waals surface area contributed by atoms with E-state index in [4.69, 9.17) is 0 Å². The minimum absolute atomic E-state index is 0.0434. The van der Waals surface area contributed by atoms with Gasteiger partial charge in [0.25, 0.3) is 5.91 Å². The van der Waals surface area contributed by atoms with Crippen molar-refractivity contribution in [2.45, 2.75) is 26.8 Å². The fourth-order valence-electron chi connectivity index (χ4n) is 1.76. The van der Waals surface area contributed by atoms with Gasteiger partial charge < -0.3 is 4.90 Å². The van der Waals surface area contributed by atoms with Crippen LogP contribution in [0.3, 0.4) is 0 Å². The monoisotopic (exact) mass is 278 g/mol. The molecule has 102 valence electrons. The molecule has 6 heteroatoms. The summed E-state index contributed by atoms with van der Waals surface area (Å²) in [7, 11) is 1.82. The predicted octanol–water partition coefficient (Wildman–Crippen LogP) is 1.98. The Bertz CT molecular complexity index is 547. The summed E-state index contributed by atoms with van der Waals surface area (Å²) >= 11 is 1.49. The molecule has 0 spiro atoms. The summed E-state index contributed by atoms with van der Waals surface area (Å²) in [6.07, 6.45) is 4.50. The molecule has 2 heterocycles. The summed E-state index contributed by atoms with van der Waals surface area (Å²) in [5, 5.41) is 5.14. The average Bonchev–Trinajstić information content (AvgIpc) is 3.04. The predicted molar refractivity (Wildman–Crippen MR) is 75.4 cm³/mol. The minimum atomic E-state index is 0.0434. The van der Waals surface area contributed by atoms with E-state index < -0.39 is 0 Å². The van der Waals surface area contributed by atoms with Gasteiger partial charge in [-0.25, -0.2) is 4.98 Å². The maximum Gasteiger partial charge on any atom is 0.265 e. The molecule has 0 atom stereocenters. The van der Waals surface area contributed by atoms with Crippen molar-refractivity contribution in [2.24, 2.45) is 0 Å². The Balaban J connectivity index is 1.99. The molecule has 2 rings (SSSR count). The van der Waals surface area contributed by atoms with Crippen LogP contribution in [0.1, 0.15) is 27.3 Å². The lowest BCUT2D eigenvalue weighted by Gasteiger charge is -2.16. The Morgan fingerprint density at radius 3 is 2.89 bits per heavy atom. The summed E-state index contributed by atoms with van der Waals surface area (Å²) in [5.74, 6) is 0.0434. The summed E-state index contributed by atoms with van der Waals surface area (Å²) in [5.41, 5.74) is 0.831. The zero-order valence-electron chi connectivity index (χ0n) is 11.5. The van der Waals surface area contributed by atoms with Gasteiger partial charge in [0, 0.05) is 26.0 Å². The standard InChI is InChI=1S/C13H18N4OS/c1-4-11-15-10(2)12(19-11)13(18)16(3)8-9-17-7-5-6-14-17/h5-7H,4,8-9H2,1-3H3. The second-order valence-corrected chi connectivity index (χ2v) is 5.46. The van der Waals surface area contributed by atoms with Crippen LogP contribution in [0.2, 0.25) is 0 Å². The van der Waals surface area contributed by atoms with E-state index >= 15 is 0 Å². The number of amides is 1. The van der Waals surface area contributed by atoms with Gasteiger partial charge in [0.15, 0.2) is 0 Å². The summed E-state index contributed by atoms with van der Waals surface area (Å²) in [6, 6.07) is 1.88. The SMILES string of the molecule is CCc1nc(C)c(C(=O)N(C)CCn2cccn2)s1. The first-order chi connectivity index (χ1) is 9.11. The van der Waals surface area contributed by atoms with Crippen LogP contribution < -0.4 is 0 Å². The largest absolute Gasteiger partial charge is 0.339 e. The molecule has 0 N–H and O–H groups in total. The number of thiazole rings is 1. The lowest BCUT2D eigenvalue weighted by atomic mass is 10.3. The van der Waals surface area contributed by atoms with Gasteiger partial charge in [0.2, 0.25) is 0 Å². The first-order valence-corrected chi connectivity index (χ1v) is 7.12. The van der Waals surface area contributed by atoms with E-state index in [1.165, 1.54) is 11.3 Å². The molecule has 0 saturated carbocycles. The van der Waals surface area contributed by atoms with Crippen LogP contribution in [0.4, 0.5) is 0 Å². The Labute approximate surface area is 116 Å². The van der Waals surface area contributed by atoms with Gasteiger partial charge in [-0.3, -0.25) is 9.48 Å². The number of rotatable bonds is 5. The molecule has 0 saturated heterocycles. The molecule has 0 aliphatic carbocycles. The molecule has 0 unspecified atom stereocenters. The number of carbonyl (C=O) groups excluding carboxylic acids is 1. The fraction of sp³-hybridized carbons (Fsp3) is 0.462. The second-order valence-electron chi connectivity index (χ2n) is 4.37. The molecule has 0 fully saturated rings. The Hall–Kier alpha value is -1.69. The number of likely N-dealkylation sites (N-methyl/N-ethyl adjacent to an activating group) is 1. The smallest absolute Gasteiger partial charge is 0.265 e. The van der Waals surface area contributed by atoms with E-state index in [-0.39, 0.29) is 5.91 Å². The Kier molecular flexibility index (Phi) is 4.31. The maximum absolute atomic E-state index is 12.3. The van der Waals surface area contributed by atoms with Crippen LogP contribution in [0.25, 0.3) is 0 Å². The average molecular weight is 278 g/mol. The van der Waals surface area contributed by atoms with Gasteiger partial charge >= 0.3 is 0 Å². The summed E-state index contributed by atoms with van der Waals surface area (Å²) in [6.45, 7) is 5.28. The van der Waals surface area contributed by atoms with Gasteiger partial charge in [-0.15, -0.1) is 11.3 Å². The van der Waals surface area contributed by atoms with Crippen LogP contribution in [0.15, 0.2) is 18.5 Å². The molecule has 0 bridgehead atoms. The number of hydrogen-bond donors (Lipinski definition) is 0. The molecule has 2 aromatic rings. The van der Waals surface area contributed by atoms with Crippen molar-refractivity contribution < 1.29 is 4.79 Å². The third-order valence-corrected chi connectivity index (χ3v) is 4.20. The van der Waals surface area contributed by atoms with E-state index in [0.717, 1.165) is 22.0 Å². The van der Waals surface area contributed by atoms with Crippen LogP contribution in [0, 0.1) is 6.92 Å². The lowest BCUT2D eigenvalue weighted by molar-refractivity contribution is 0.0793. The van der Waals surface area contributed by atoms with E-state index in [1.807, 2.05) is 37.8 Å². The number of aryl methyl sites for hydroxylation is 2. The quantitative estimate of drug-likeness (QED) is 0.840. The van der Waals surface area contributed by atoms with Gasteiger partial charge in [-0.1, -0.05) is 6.92 Å². The molecular formula is C13H18N4OS. The zero-order chi connectivity index (χ0) is 13.8. The first kappa shape index (κ1) is 13.7. The van der Waals surface area contributed by atoms with E-state index in [9.17, 15) is 4.79 Å². The van der Waals surface area contributed by atoms with Gasteiger partial charge in [0.1, 0.15) is 4.88 Å². The van der Waals surface area contributed by atoms with Crippen LogP contribution in [-0.4, -0.2) is 39.2 Å². The van der Waals surface area contributed by atoms with E-state index in [0.29, 0.717) is 13.1 Å². The molecule has 0 aliphatic rings. The molecule has 2 aromatic heterocycles. The third-order valence-electron chi connectivity index (χ3n) is 2.91. The third kappa shape index (κ3) is 3.20. The van der Waals surface area contributed by atoms with Crippen molar-refractivity contribution in [1.29, 1.82) is 0 Å². The van der Waals surface area contributed by atoms with Crippen molar-refractivity contribution in [3.05, 3.63) is 34.0 Å². The number of nitrogens with zero attached hydrogens (tertiary/aromatic N) is 4. The highest BCUT2D eigenvalue weighted by atomic mass is 32.1.